The first-order valence-corrected chi connectivity index (χ1v) is 11.7. The third-order valence-corrected chi connectivity index (χ3v) is 6.50. The summed E-state index contributed by atoms with van der Waals surface area (Å²) in [5.41, 5.74) is -1.03. The number of aromatic nitrogens is 1. The van der Waals surface area contributed by atoms with E-state index in [0.29, 0.717) is 30.7 Å². The van der Waals surface area contributed by atoms with Gasteiger partial charge in [-0.1, -0.05) is 51.9 Å². The lowest BCUT2D eigenvalue weighted by Gasteiger charge is -2.32. The molecule has 2 aromatic rings. The highest BCUT2D eigenvalue weighted by atomic mass is 16.5. The van der Waals surface area contributed by atoms with Crippen molar-refractivity contribution in [2.45, 2.75) is 83.2 Å². The van der Waals surface area contributed by atoms with Crippen molar-refractivity contribution in [3.8, 4) is 5.75 Å². The van der Waals surface area contributed by atoms with E-state index in [1.807, 2.05) is 6.07 Å². The second-order valence-electron chi connectivity index (χ2n) is 8.76. The minimum absolute atomic E-state index is 0.0122. The molecular weight excluding hydrogens is 408 g/mol. The van der Waals surface area contributed by atoms with E-state index in [0.717, 1.165) is 56.8 Å². The maximum atomic E-state index is 13.4. The molecule has 32 heavy (non-hydrogen) atoms. The van der Waals surface area contributed by atoms with Gasteiger partial charge in [0.25, 0.3) is 11.5 Å². The number of aryl methyl sites for hydroxylation is 1. The number of pyridine rings is 1. The van der Waals surface area contributed by atoms with Crippen molar-refractivity contribution >= 4 is 22.8 Å². The lowest BCUT2D eigenvalue weighted by molar-refractivity contribution is -0.145. The van der Waals surface area contributed by atoms with E-state index in [-0.39, 0.29) is 5.56 Å². The molecule has 7 nitrogen and oxygen atoms in total. The van der Waals surface area contributed by atoms with Crippen LogP contribution < -0.4 is 15.6 Å². The predicted octanol–water partition coefficient (Wildman–Crippen LogP) is 4.50. The Morgan fingerprint density at radius 1 is 1.09 bits per heavy atom. The summed E-state index contributed by atoms with van der Waals surface area (Å²) >= 11 is 0. The van der Waals surface area contributed by atoms with Crippen LogP contribution in [0.5, 0.6) is 5.75 Å². The Hall–Kier alpha value is -2.83. The number of nitrogens with zero attached hydrogens (tertiary/aromatic N) is 1. The number of carboxylic acids is 1. The largest absolute Gasteiger partial charge is 0.497 e. The average Bonchev–Trinajstić information content (AvgIpc) is 2.76. The number of rotatable bonds is 8. The molecule has 0 aliphatic heterocycles. The molecule has 0 unspecified atom stereocenters. The smallest absolute Gasteiger partial charge is 0.329 e. The van der Waals surface area contributed by atoms with E-state index < -0.39 is 23.0 Å². The summed E-state index contributed by atoms with van der Waals surface area (Å²) in [5.74, 6) is -1.00. The SMILES string of the molecule is CCCCCn1c(=O)c(C(=O)NC2(C(=O)O)CCCCCCC2)cc2ccc(OC)cc21. The zero-order valence-electron chi connectivity index (χ0n) is 19.1. The van der Waals surface area contributed by atoms with Crippen LogP contribution in [-0.2, 0) is 11.3 Å². The van der Waals surface area contributed by atoms with Gasteiger partial charge in [0.15, 0.2) is 0 Å². The minimum atomic E-state index is -1.33. The van der Waals surface area contributed by atoms with Gasteiger partial charge in [0.1, 0.15) is 16.9 Å². The van der Waals surface area contributed by atoms with Gasteiger partial charge in [-0.25, -0.2) is 4.79 Å². The van der Waals surface area contributed by atoms with E-state index in [1.54, 1.807) is 29.9 Å². The molecule has 0 radical (unpaired) electrons. The first-order chi connectivity index (χ1) is 15.4. The molecule has 1 aliphatic carbocycles. The zero-order chi connectivity index (χ0) is 23.1. The number of ether oxygens (including phenoxy) is 1. The Morgan fingerprint density at radius 2 is 1.78 bits per heavy atom. The number of hydrogen-bond donors (Lipinski definition) is 2. The number of amides is 1. The minimum Gasteiger partial charge on any atom is -0.497 e. The lowest BCUT2D eigenvalue weighted by Crippen LogP contribution is -2.55. The summed E-state index contributed by atoms with van der Waals surface area (Å²) in [6.07, 6.45) is 8.02. The zero-order valence-corrected chi connectivity index (χ0v) is 19.1. The van der Waals surface area contributed by atoms with E-state index >= 15 is 0 Å². The van der Waals surface area contributed by atoms with E-state index in [1.165, 1.54) is 0 Å². The van der Waals surface area contributed by atoms with Crippen molar-refractivity contribution in [3.05, 3.63) is 40.2 Å². The van der Waals surface area contributed by atoms with Crippen LogP contribution in [0.15, 0.2) is 29.1 Å². The maximum absolute atomic E-state index is 13.4. The van der Waals surface area contributed by atoms with Crippen LogP contribution in [0.4, 0.5) is 0 Å². The molecule has 1 heterocycles. The van der Waals surface area contributed by atoms with Gasteiger partial charge in [0.05, 0.1) is 12.6 Å². The van der Waals surface area contributed by atoms with E-state index in [9.17, 15) is 19.5 Å². The molecule has 1 amide bonds. The molecule has 7 heteroatoms. The Kier molecular flexibility index (Phi) is 7.94. The number of nitrogens with one attached hydrogen (secondary N) is 1. The van der Waals surface area contributed by atoms with Crippen molar-refractivity contribution in [1.82, 2.24) is 9.88 Å². The molecule has 1 aromatic heterocycles. The van der Waals surface area contributed by atoms with Gasteiger partial charge < -0.3 is 19.7 Å². The fraction of sp³-hybridized carbons (Fsp3) is 0.560. The molecule has 2 N–H and O–H groups in total. The number of carboxylic acid groups (broad SMARTS) is 1. The van der Waals surface area contributed by atoms with Crippen LogP contribution in [-0.4, -0.2) is 34.2 Å². The quantitative estimate of drug-likeness (QED) is 0.587. The van der Waals surface area contributed by atoms with Crippen LogP contribution in [0, 0.1) is 0 Å². The van der Waals surface area contributed by atoms with Crippen LogP contribution in [0.3, 0.4) is 0 Å². The summed E-state index contributed by atoms with van der Waals surface area (Å²) < 4.78 is 6.94. The van der Waals surface area contributed by atoms with Gasteiger partial charge >= 0.3 is 5.97 Å². The molecule has 3 rings (SSSR count). The van der Waals surface area contributed by atoms with E-state index in [4.69, 9.17) is 4.74 Å². The number of hydrogen-bond acceptors (Lipinski definition) is 4. The molecule has 1 aromatic carbocycles. The fourth-order valence-electron chi connectivity index (χ4n) is 4.57. The Bertz CT molecular complexity index is 1020. The number of methoxy groups -OCH3 is 1. The van der Waals surface area contributed by atoms with Gasteiger partial charge in [-0.05, 0) is 42.8 Å². The highest BCUT2D eigenvalue weighted by Crippen LogP contribution is 2.28. The topological polar surface area (TPSA) is 97.6 Å². The van der Waals surface area contributed by atoms with Gasteiger partial charge in [0.2, 0.25) is 0 Å². The number of unbranched alkanes of at least 4 members (excludes halogenated alkanes) is 2. The molecule has 0 spiro atoms. The van der Waals surface area contributed by atoms with Crippen molar-refractivity contribution in [3.63, 3.8) is 0 Å². The highest BCUT2D eigenvalue weighted by Gasteiger charge is 2.40. The lowest BCUT2D eigenvalue weighted by atomic mass is 9.83. The van der Waals surface area contributed by atoms with Crippen LogP contribution in [0.2, 0.25) is 0 Å². The summed E-state index contributed by atoms with van der Waals surface area (Å²) in [6, 6.07) is 6.99. The molecule has 1 fully saturated rings. The van der Waals surface area contributed by atoms with Gasteiger partial charge in [0, 0.05) is 12.6 Å². The summed E-state index contributed by atoms with van der Waals surface area (Å²) in [7, 11) is 1.57. The molecular formula is C25H34N2O5. The summed E-state index contributed by atoms with van der Waals surface area (Å²) in [5, 5.41) is 13.5. The molecule has 0 saturated heterocycles. The Balaban J connectivity index is 2.02. The standard InChI is InChI=1S/C25H34N2O5/c1-3-4-10-15-27-21-17-19(32-2)12-11-18(21)16-20(23(27)29)22(28)26-25(24(30)31)13-8-6-5-7-9-14-25/h11-12,16-17H,3-10,13-15H2,1-2H3,(H,26,28)(H,30,31). The molecule has 1 saturated carbocycles. The maximum Gasteiger partial charge on any atom is 0.329 e. The first-order valence-electron chi connectivity index (χ1n) is 11.7. The normalized spacial score (nSPS) is 16.2. The Morgan fingerprint density at radius 3 is 2.41 bits per heavy atom. The van der Waals surface area contributed by atoms with Crippen molar-refractivity contribution in [1.29, 1.82) is 0 Å². The number of carbonyl (C=O) groups excluding carboxylic acids is 1. The fourth-order valence-corrected chi connectivity index (χ4v) is 4.57. The molecule has 0 atom stereocenters. The second kappa shape index (κ2) is 10.7. The van der Waals surface area contributed by atoms with Crippen molar-refractivity contribution in [2.24, 2.45) is 0 Å². The van der Waals surface area contributed by atoms with Crippen LogP contribution >= 0.6 is 0 Å². The second-order valence-corrected chi connectivity index (χ2v) is 8.76. The van der Waals surface area contributed by atoms with Crippen LogP contribution in [0.1, 0.15) is 81.5 Å². The van der Waals surface area contributed by atoms with Gasteiger partial charge in [-0.2, -0.15) is 0 Å². The van der Waals surface area contributed by atoms with E-state index in [2.05, 4.69) is 12.2 Å². The number of benzene rings is 1. The summed E-state index contributed by atoms with van der Waals surface area (Å²) in [6.45, 7) is 2.58. The number of carbonyl (C=O) groups is 2. The molecule has 0 bridgehead atoms. The van der Waals surface area contributed by atoms with Gasteiger partial charge in [-0.3, -0.25) is 9.59 Å². The monoisotopic (exact) mass is 442 g/mol. The first kappa shape index (κ1) is 23.8. The third-order valence-electron chi connectivity index (χ3n) is 6.50. The molecule has 1 aliphatic rings. The summed E-state index contributed by atoms with van der Waals surface area (Å²) in [4.78, 5) is 38.9. The van der Waals surface area contributed by atoms with Crippen molar-refractivity contribution < 1.29 is 19.4 Å². The average molecular weight is 443 g/mol. The van der Waals surface area contributed by atoms with Gasteiger partial charge in [-0.15, -0.1) is 0 Å². The Labute approximate surface area is 188 Å². The third kappa shape index (κ3) is 5.14. The predicted molar refractivity (Wildman–Crippen MR) is 124 cm³/mol. The highest BCUT2D eigenvalue weighted by molar-refractivity contribution is 6.00. The number of aliphatic carboxylic acids is 1. The van der Waals surface area contributed by atoms with Crippen molar-refractivity contribution in [2.75, 3.05) is 7.11 Å². The molecule has 174 valence electrons. The van der Waals surface area contributed by atoms with Crippen LogP contribution in [0.25, 0.3) is 10.9 Å². The number of fused-ring (bicyclic) bond motifs is 1.